The number of benzene rings is 1. The van der Waals surface area contributed by atoms with Crippen LogP contribution in [0.4, 0.5) is 11.4 Å². The summed E-state index contributed by atoms with van der Waals surface area (Å²) in [4.78, 5) is 0. The molecule has 0 atom stereocenters. The Morgan fingerprint density at radius 3 is 2.57 bits per heavy atom. The molecule has 0 unspecified atom stereocenters. The first-order valence-electron chi connectivity index (χ1n) is 4.19. The molecule has 0 saturated heterocycles. The smallest absolute Gasteiger partial charge is 0.0556 e. The summed E-state index contributed by atoms with van der Waals surface area (Å²) in [6, 6.07) is 5.43. The minimum atomic E-state index is 0. The number of halogens is 1. The second-order valence-corrected chi connectivity index (χ2v) is 2.86. The van der Waals surface area contributed by atoms with Crippen LogP contribution in [0.3, 0.4) is 0 Å². The summed E-state index contributed by atoms with van der Waals surface area (Å²) in [6.07, 6.45) is 0. The number of rotatable bonds is 4. The molecule has 0 spiro atoms. The van der Waals surface area contributed by atoms with Crippen LogP contribution in [-0.2, 0) is 6.54 Å². The lowest BCUT2D eigenvalue weighted by Crippen LogP contribution is -2.18. The summed E-state index contributed by atoms with van der Waals surface area (Å²) < 4.78 is 0. The van der Waals surface area contributed by atoms with Crippen molar-refractivity contribution >= 4 is 23.8 Å². The molecule has 0 bridgehead atoms. The number of anilines is 2. The molecule has 0 aliphatic rings. The monoisotopic (exact) mass is 217 g/mol. The van der Waals surface area contributed by atoms with Gasteiger partial charge in [-0.1, -0.05) is 6.07 Å². The molecule has 0 aliphatic heterocycles. The zero-order valence-corrected chi connectivity index (χ0v) is 8.68. The van der Waals surface area contributed by atoms with Gasteiger partial charge in [0, 0.05) is 24.5 Å². The van der Waals surface area contributed by atoms with E-state index in [-0.39, 0.29) is 19.0 Å². The zero-order chi connectivity index (χ0) is 9.68. The van der Waals surface area contributed by atoms with Crippen LogP contribution in [0.5, 0.6) is 0 Å². The van der Waals surface area contributed by atoms with Crippen LogP contribution in [0, 0.1) is 0 Å². The third kappa shape index (κ3) is 3.83. The van der Waals surface area contributed by atoms with E-state index in [9.17, 15) is 0 Å². The van der Waals surface area contributed by atoms with Gasteiger partial charge in [-0.05, 0) is 17.7 Å². The Hall–Kier alpha value is -0.970. The Bertz CT molecular complexity index is 281. The van der Waals surface area contributed by atoms with Crippen molar-refractivity contribution < 1.29 is 5.11 Å². The molecule has 14 heavy (non-hydrogen) atoms. The van der Waals surface area contributed by atoms with Gasteiger partial charge in [0.1, 0.15) is 0 Å². The fourth-order valence-corrected chi connectivity index (χ4v) is 1.08. The topological polar surface area (TPSA) is 84.3 Å². The predicted molar refractivity (Wildman–Crippen MR) is 61.3 cm³/mol. The summed E-state index contributed by atoms with van der Waals surface area (Å²) in [5.41, 5.74) is 13.6. The summed E-state index contributed by atoms with van der Waals surface area (Å²) in [5, 5.41) is 11.6. The van der Waals surface area contributed by atoms with Crippen molar-refractivity contribution in [2.45, 2.75) is 6.54 Å². The van der Waals surface area contributed by atoms with Crippen molar-refractivity contribution in [3.63, 3.8) is 0 Å². The molecule has 1 aromatic rings. The van der Waals surface area contributed by atoms with Gasteiger partial charge in [0.15, 0.2) is 0 Å². The van der Waals surface area contributed by atoms with E-state index in [1.54, 1.807) is 6.07 Å². The first-order chi connectivity index (χ1) is 6.24. The maximum atomic E-state index is 8.54. The van der Waals surface area contributed by atoms with E-state index in [0.717, 1.165) is 5.56 Å². The standard InChI is InChI=1S/C9H15N3O.ClH/c10-8-2-1-7(9(11)5-8)6-12-3-4-13;/h1-2,5,12-13H,3-4,6,10-11H2;1H. The van der Waals surface area contributed by atoms with E-state index >= 15 is 0 Å². The number of nitrogen functional groups attached to an aromatic ring is 2. The van der Waals surface area contributed by atoms with Crippen molar-refractivity contribution in [3.8, 4) is 0 Å². The SMILES string of the molecule is Cl.Nc1ccc(CNCCO)c(N)c1. The molecule has 6 N–H and O–H groups in total. The van der Waals surface area contributed by atoms with Crippen molar-refractivity contribution in [2.24, 2.45) is 0 Å². The second kappa shape index (κ2) is 6.48. The highest BCUT2D eigenvalue weighted by Crippen LogP contribution is 2.14. The molecule has 0 fully saturated rings. The molecule has 1 aromatic carbocycles. The van der Waals surface area contributed by atoms with Crippen LogP contribution in [0.25, 0.3) is 0 Å². The summed E-state index contributed by atoms with van der Waals surface area (Å²) >= 11 is 0. The third-order valence-electron chi connectivity index (χ3n) is 1.77. The number of aliphatic hydroxyl groups is 1. The first kappa shape index (κ1) is 13.0. The fraction of sp³-hybridized carbons (Fsp3) is 0.333. The second-order valence-electron chi connectivity index (χ2n) is 2.86. The molecule has 0 heterocycles. The molecule has 0 amide bonds. The highest BCUT2D eigenvalue weighted by molar-refractivity contribution is 5.85. The Morgan fingerprint density at radius 2 is 2.00 bits per heavy atom. The number of nitrogens with one attached hydrogen (secondary N) is 1. The van der Waals surface area contributed by atoms with Crippen LogP contribution in [-0.4, -0.2) is 18.3 Å². The van der Waals surface area contributed by atoms with Crippen LogP contribution in [0.1, 0.15) is 5.56 Å². The number of nitrogens with two attached hydrogens (primary N) is 2. The molecule has 5 heteroatoms. The normalized spacial score (nSPS) is 9.50. The van der Waals surface area contributed by atoms with Crippen molar-refractivity contribution in [2.75, 3.05) is 24.6 Å². The van der Waals surface area contributed by atoms with Crippen LogP contribution in [0.2, 0.25) is 0 Å². The Balaban J connectivity index is 0.00000169. The average molecular weight is 218 g/mol. The lowest BCUT2D eigenvalue weighted by Gasteiger charge is -2.06. The fourth-order valence-electron chi connectivity index (χ4n) is 1.08. The van der Waals surface area contributed by atoms with Gasteiger partial charge in [0.25, 0.3) is 0 Å². The quantitative estimate of drug-likeness (QED) is 0.433. The minimum Gasteiger partial charge on any atom is -0.399 e. The van der Waals surface area contributed by atoms with Crippen LogP contribution >= 0.6 is 12.4 Å². The Kier molecular flexibility index (Phi) is 6.03. The highest BCUT2D eigenvalue weighted by Gasteiger charge is 1.97. The molecule has 1 rings (SSSR count). The highest BCUT2D eigenvalue weighted by atomic mass is 35.5. The number of hydrogen-bond donors (Lipinski definition) is 4. The van der Waals surface area contributed by atoms with Gasteiger partial charge >= 0.3 is 0 Å². The third-order valence-corrected chi connectivity index (χ3v) is 1.77. The van der Waals surface area contributed by atoms with Gasteiger partial charge in [-0.25, -0.2) is 0 Å². The molecule has 80 valence electrons. The summed E-state index contributed by atoms with van der Waals surface area (Å²) in [5.74, 6) is 0. The maximum absolute atomic E-state index is 8.54. The minimum absolute atomic E-state index is 0. The maximum Gasteiger partial charge on any atom is 0.0556 e. The Labute approximate surface area is 89.7 Å². The van der Waals surface area contributed by atoms with E-state index in [0.29, 0.717) is 24.5 Å². The van der Waals surface area contributed by atoms with Gasteiger partial charge in [-0.2, -0.15) is 0 Å². The number of hydrogen-bond acceptors (Lipinski definition) is 4. The lowest BCUT2D eigenvalue weighted by molar-refractivity contribution is 0.292. The molecule has 4 nitrogen and oxygen atoms in total. The summed E-state index contributed by atoms with van der Waals surface area (Å²) in [6.45, 7) is 1.37. The zero-order valence-electron chi connectivity index (χ0n) is 7.86. The van der Waals surface area contributed by atoms with E-state index in [4.69, 9.17) is 16.6 Å². The van der Waals surface area contributed by atoms with Gasteiger partial charge in [0.2, 0.25) is 0 Å². The summed E-state index contributed by atoms with van der Waals surface area (Å²) in [7, 11) is 0. The van der Waals surface area contributed by atoms with Crippen molar-refractivity contribution in [3.05, 3.63) is 23.8 Å². The first-order valence-corrected chi connectivity index (χ1v) is 4.19. The van der Waals surface area contributed by atoms with Gasteiger partial charge in [0.05, 0.1) is 6.61 Å². The molecule has 0 radical (unpaired) electrons. The van der Waals surface area contributed by atoms with Gasteiger partial charge in [-0.15, -0.1) is 12.4 Å². The molecule has 0 aromatic heterocycles. The largest absolute Gasteiger partial charge is 0.399 e. The van der Waals surface area contributed by atoms with Gasteiger partial charge in [-0.3, -0.25) is 0 Å². The number of aliphatic hydroxyl groups excluding tert-OH is 1. The van der Waals surface area contributed by atoms with Crippen molar-refractivity contribution in [1.82, 2.24) is 5.32 Å². The molecular weight excluding hydrogens is 202 g/mol. The van der Waals surface area contributed by atoms with E-state index in [1.165, 1.54) is 0 Å². The van der Waals surface area contributed by atoms with E-state index < -0.39 is 0 Å². The van der Waals surface area contributed by atoms with Crippen LogP contribution < -0.4 is 16.8 Å². The molecule has 0 saturated carbocycles. The van der Waals surface area contributed by atoms with E-state index in [1.807, 2.05) is 12.1 Å². The van der Waals surface area contributed by atoms with E-state index in [2.05, 4.69) is 5.32 Å². The van der Waals surface area contributed by atoms with Crippen LogP contribution in [0.15, 0.2) is 18.2 Å². The molecular formula is C9H16ClN3O. The predicted octanol–water partition coefficient (Wildman–Crippen LogP) is 0.355. The van der Waals surface area contributed by atoms with Crippen molar-refractivity contribution in [1.29, 1.82) is 0 Å². The lowest BCUT2D eigenvalue weighted by atomic mass is 10.1. The van der Waals surface area contributed by atoms with Gasteiger partial charge < -0.3 is 21.9 Å². The Morgan fingerprint density at radius 1 is 1.29 bits per heavy atom. The average Bonchev–Trinajstić information content (AvgIpc) is 2.09. The molecule has 0 aliphatic carbocycles.